The molecule has 0 radical (unpaired) electrons. The monoisotopic (exact) mass is 238 g/mol. The number of benzene rings is 1. The van der Waals surface area contributed by atoms with Crippen molar-refractivity contribution in [1.82, 2.24) is 0 Å². The summed E-state index contributed by atoms with van der Waals surface area (Å²) in [6, 6.07) is 1.80. The topological polar surface area (TPSA) is 106 Å². The summed E-state index contributed by atoms with van der Waals surface area (Å²) in [6.07, 6.45) is 0.0870. The smallest absolute Gasteiger partial charge is 0.320 e. The maximum atomic E-state index is 10.7. The third kappa shape index (κ3) is 3.01. The average Bonchev–Trinajstić information content (AvgIpc) is 2.23. The van der Waals surface area contributed by atoms with Crippen molar-refractivity contribution in [3.63, 3.8) is 0 Å². The van der Waals surface area contributed by atoms with Crippen molar-refractivity contribution in [2.75, 3.05) is 0 Å². The summed E-state index contributed by atoms with van der Waals surface area (Å²) in [6.45, 7) is 3.54. The van der Waals surface area contributed by atoms with Gasteiger partial charge in [0.05, 0.1) is 4.92 Å². The summed E-state index contributed by atoms with van der Waals surface area (Å²) in [4.78, 5) is 20.9. The fourth-order valence-corrected chi connectivity index (χ4v) is 1.55. The predicted octanol–water partition coefficient (Wildman–Crippen LogP) is 1.17. The van der Waals surface area contributed by atoms with Crippen LogP contribution in [-0.2, 0) is 11.2 Å². The molecule has 0 saturated heterocycles. The van der Waals surface area contributed by atoms with E-state index in [4.69, 9.17) is 10.8 Å². The second-order valence-electron chi connectivity index (χ2n) is 3.95. The molecule has 1 aromatic carbocycles. The third-order valence-corrected chi connectivity index (χ3v) is 2.73. The van der Waals surface area contributed by atoms with Crippen LogP contribution in [0.2, 0.25) is 0 Å². The number of aryl methyl sites for hydroxylation is 1. The first-order valence-corrected chi connectivity index (χ1v) is 5.05. The van der Waals surface area contributed by atoms with Crippen LogP contribution in [0.3, 0.4) is 0 Å². The first-order chi connectivity index (χ1) is 7.82. The number of hydrogen-bond acceptors (Lipinski definition) is 4. The van der Waals surface area contributed by atoms with Crippen molar-refractivity contribution in [3.8, 4) is 0 Å². The van der Waals surface area contributed by atoms with Crippen LogP contribution in [0.25, 0.3) is 0 Å². The fourth-order valence-electron chi connectivity index (χ4n) is 1.55. The Kier molecular flexibility index (Phi) is 3.80. The maximum absolute atomic E-state index is 10.7. The molecule has 1 rings (SSSR count). The molecule has 3 N–H and O–H groups in total. The van der Waals surface area contributed by atoms with Crippen LogP contribution in [0.15, 0.2) is 12.1 Å². The molecule has 0 aliphatic heterocycles. The van der Waals surface area contributed by atoms with E-state index in [1.807, 2.05) is 0 Å². The van der Waals surface area contributed by atoms with Crippen molar-refractivity contribution in [2.45, 2.75) is 26.3 Å². The molecule has 0 aliphatic carbocycles. The minimum Gasteiger partial charge on any atom is -0.480 e. The number of carboxylic acids is 1. The van der Waals surface area contributed by atoms with Crippen LogP contribution in [0.1, 0.15) is 16.7 Å². The number of rotatable bonds is 4. The molecule has 0 aliphatic rings. The van der Waals surface area contributed by atoms with Crippen LogP contribution in [0, 0.1) is 24.0 Å². The van der Waals surface area contributed by atoms with E-state index < -0.39 is 16.9 Å². The van der Waals surface area contributed by atoms with Crippen molar-refractivity contribution in [1.29, 1.82) is 0 Å². The molecular weight excluding hydrogens is 224 g/mol. The van der Waals surface area contributed by atoms with Crippen LogP contribution >= 0.6 is 0 Å². The molecule has 6 nitrogen and oxygen atoms in total. The van der Waals surface area contributed by atoms with Gasteiger partial charge in [0.1, 0.15) is 6.04 Å². The first kappa shape index (κ1) is 13.1. The maximum Gasteiger partial charge on any atom is 0.320 e. The highest BCUT2D eigenvalue weighted by Gasteiger charge is 2.17. The number of nitrogens with two attached hydrogens (primary N) is 1. The highest BCUT2D eigenvalue weighted by molar-refractivity contribution is 5.73. The molecule has 0 aromatic heterocycles. The number of carboxylic acid groups (broad SMARTS) is 1. The van der Waals surface area contributed by atoms with Crippen molar-refractivity contribution < 1.29 is 14.8 Å². The zero-order valence-electron chi connectivity index (χ0n) is 9.64. The van der Waals surface area contributed by atoms with E-state index in [2.05, 4.69) is 0 Å². The van der Waals surface area contributed by atoms with Gasteiger partial charge in [-0.05, 0) is 37.0 Å². The van der Waals surface area contributed by atoms with Gasteiger partial charge in [-0.3, -0.25) is 14.9 Å². The van der Waals surface area contributed by atoms with E-state index in [0.717, 1.165) is 11.1 Å². The summed E-state index contributed by atoms with van der Waals surface area (Å²) >= 11 is 0. The van der Waals surface area contributed by atoms with Gasteiger partial charge in [-0.25, -0.2) is 0 Å². The molecule has 0 fully saturated rings. The van der Waals surface area contributed by atoms with Gasteiger partial charge < -0.3 is 10.8 Å². The molecule has 0 amide bonds. The Balaban J connectivity index is 3.14. The van der Waals surface area contributed by atoms with E-state index in [1.54, 1.807) is 13.8 Å². The Labute approximate surface area is 98.2 Å². The highest BCUT2D eigenvalue weighted by Crippen LogP contribution is 2.22. The molecular formula is C11H14N2O4. The zero-order chi connectivity index (χ0) is 13.2. The lowest BCUT2D eigenvalue weighted by Gasteiger charge is -2.11. The Bertz CT molecular complexity index is 471. The van der Waals surface area contributed by atoms with Crippen molar-refractivity contribution in [3.05, 3.63) is 38.9 Å². The molecule has 1 unspecified atom stereocenters. The second kappa shape index (κ2) is 4.92. The van der Waals surface area contributed by atoms with Crippen LogP contribution < -0.4 is 5.73 Å². The number of nitrogens with zero attached hydrogens (tertiary/aromatic N) is 1. The lowest BCUT2D eigenvalue weighted by molar-refractivity contribution is -0.385. The van der Waals surface area contributed by atoms with Crippen LogP contribution in [0.4, 0.5) is 5.69 Å². The standard InChI is InChI=1S/C11H14N2O4/c1-6-3-9(13(16)17)4-8(7(6)2)5-10(12)11(14)15/h3-4,10H,5,12H2,1-2H3,(H,14,15). The minimum absolute atomic E-state index is 0.0410. The molecule has 92 valence electrons. The lowest BCUT2D eigenvalue weighted by Crippen LogP contribution is -2.32. The summed E-state index contributed by atoms with van der Waals surface area (Å²) in [5, 5.41) is 19.4. The predicted molar refractivity (Wildman–Crippen MR) is 61.9 cm³/mol. The summed E-state index contributed by atoms with van der Waals surface area (Å²) in [5.74, 6) is -1.12. The summed E-state index contributed by atoms with van der Waals surface area (Å²) in [7, 11) is 0. The van der Waals surface area contributed by atoms with Gasteiger partial charge in [0, 0.05) is 12.1 Å². The minimum atomic E-state index is -1.12. The number of nitro benzene ring substituents is 1. The van der Waals surface area contributed by atoms with Crippen molar-refractivity contribution in [2.24, 2.45) is 5.73 Å². The molecule has 17 heavy (non-hydrogen) atoms. The SMILES string of the molecule is Cc1cc([N+](=O)[O-])cc(CC(N)C(=O)O)c1C. The van der Waals surface area contributed by atoms with Gasteiger partial charge in [-0.1, -0.05) is 0 Å². The van der Waals surface area contributed by atoms with E-state index in [-0.39, 0.29) is 12.1 Å². The van der Waals surface area contributed by atoms with Gasteiger partial charge >= 0.3 is 5.97 Å². The normalized spacial score (nSPS) is 12.2. The largest absolute Gasteiger partial charge is 0.480 e. The van der Waals surface area contributed by atoms with E-state index in [9.17, 15) is 14.9 Å². The average molecular weight is 238 g/mol. The number of carbonyl (C=O) groups is 1. The lowest BCUT2D eigenvalue weighted by atomic mass is 9.97. The molecule has 0 heterocycles. The van der Waals surface area contributed by atoms with Crippen molar-refractivity contribution >= 4 is 11.7 Å². The van der Waals surface area contributed by atoms with Gasteiger partial charge in [-0.15, -0.1) is 0 Å². The number of aliphatic carboxylic acids is 1. The van der Waals surface area contributed by atoms with E-state index in [1.165, 1.54) is 12.1 Å². The van der Waals surface area contributed by atoms with Gasteiger partial charge in [-0.2, -0.15) is 0 Å². The fraction of sp³-hybridized carbons (Fsp3) is 0.364. The summed E-state index contributed by atoms with van der Waals surface area (Å²) in [5.41, 5.74) is 7.58. The molecule has 1 aromatic rings. The number of nitro groups is 1. The molecule has 0 bridgehead atoms. The van der Waals surface area contributed by atoms with Gasteiger partial charge in [0.15, 0.2) is 0 Å². The van der Waals surface area contributed by atoms with E-state index >= 15 is 0 Å². The molecule has 0 spiro atoms. The Hall–Kier alpha value is -1.95. The highest BCUT2D eigenvalue weighted by atomic mass is 16.6. The van der Waals surface area contributed by atoms with Gasteiger partial charge in [0.25, 0.3) is 5.69 Å². The summed E-state index contributed by atoms with van der Waals surface area (Å²) < 4.78 is 0. The first-order valence-electron chi connectivity index (χ1n) is 5.05. The Morgan fingerprint density at radius 3 is 2.59 bits per heavy atom. The van der Waals surface area contributed by atoms with E-state index in [0.29, 0.717) is 5.56 Å². The number of hydrogen-bond donors (Lipinski definition) is 2. The van der Waals surface area contributed by atoms with Crippen LogP contribution in [0.5, 0.6) is 0 Å². The molecule has 6 heteroatoms. The second-order valence-corrected chi connectivity index (χ2v) is 3.95. The Morgan fingerprint density at radius 2 is 2.12 bits per heavy atom. The number of non-ortho nitro benzene ring substituents is 1. The Morgan fingerprint density at radius 1 is 1.53 bits per heavy atom. The zero-order valence-corrected chi connectivity index (χ0v) is 9.64. The third-order valence-electron chi connectivity index (χ3n) is 2.73. The van der Waals surface area contributed by atoms with Crippen LogP contribution in [-0.4, -0.2) is 22.0 Å². The molecule has 1 atom stereocenters. The van der Waals surface area contributed by atoms with Gasteiger partial charge in [0.2, 0.25) is 0 Å². The molecule has 0 saturated carbocycles. The quantitative estimate of drug-likeness (QED) is 0.604.